The van der Waals surface area contributed by atoms with Crippen molar-refractivity contribution in [2.24, 2.45) is 9.98 Å². The number of aliphatic hydroxyl groups excluding tert-OH is 1. The molecule has 12 heteroatoms. The van der Waals surface area contributed by atoms with Crippen molar-refractivity contribution in [3.63, 3.8) is 0 Å². The second-order valence-corrected chi connectivity index (χ2v) is 9.01. The first-order valence-electron chi connectivity index (χ1n) is 11.6. The molecule has 184 valence electrons. The smallest absolute Gasteiger partial charge is 0.176 e. The largest absolute Gasteiger partial charge is 0.456 e. The van der Waals surface area contributed by atoms with E-state index in [9.17, 15) is 5.11 Å². The van der Waals surface area contributed by atoms with Gasteiger partial charge in [0.25, 0.3) is 0 Å². The molecule has 0 amide bonds. The summed E-state index contributed by atoms with van der Waals surface area (Å²) in [5.41, 5.74) is 5.23. The van der Waals surface area contributed by atoms with Crippen LogP contribution >= 0.6 is 11.6 Å². The third-order valence-electron chi connectivity index (χ3n) is 6.09. The number of aliphatic imine (C=N–C) groups is 2. The minimum absolute atomic E-state index is 0.287. The van der Waals surface area contributed by atoms with E-state index in [0.717, 1.165) is 30.8 Å². The van der Waals surface area contributed by atoms with Crippen LogP contribution in [0.2, 0.25) is 5.02 Å². The van der Waals surface area contributed by atoms with Crippen LogP contribution in [0.3, 0.4) is 0 Å². The normalized spacial score (nSPS) is 22.6. The Labute approximate surface area is 212 Å². The summed E-state index contributed by atoms with van der Waals surface area (Å²) >= 11 is 6.55. The molecule has 0 spiro atoms. The minimum atomic E-state index is -0.340. The van der Waals surface area contributed by atoms with Crippen LogP contribution in [0.4, 0.5) is 17.2 Å². The Balaban J connectivity index is 1.17. The fraction of sp³-hybridized carbons (Fsp3) is 0.250. The molecule has 2 aromatic rings. The molecule has 0 aliphatic carbocycles. The van der Waals surface area contributed by atoms with Crippen molar-refractivity contribution < 1.29 is 9.84 Å². The van der Waals surface area contributed by atoms with Gasteiger partial charge in [0, 0.05) is 43.5 Å². The van der Waals surface area contributed by atoms with Crippen LogP contribution in [0, 0.1) is 0 Å². The van der Waals surface area contributed by atoms with Gasteiger partial charge in [-0.15, -0.1) is 0 Å². The van der Waals surface area contributed by atoms with Crippen molar-refractivity contribution in [1.82, 2.24) is 25.3 Å². The van der Waals surface area contributed by atoms with Crippen LogP contribution in [-0.4, -0.2) is 62.5 Å². The number of hydrogen-bond donors (Lipinski definition) is 4. The summed E-state index contributed by atoms with van der Waals surface area (Å²) in [5.74, 6) is 2.45. The maximum atomic E-state index is 10.1. The van der Waals surface area contributed by atoms with Gasteiger partial charge in [0.2, 0.25) is 0 Å². The lowest BCUT2D eigenvalue weighted by Gasteiger charge is -2.36. The van der Waals surface area contributed by atoms with E-state index in [0.29, 0.717) is 40.4 Å². The van der Waals surface area contributed by atoms with Crippen LogP contribution in [-0.2, 0) is 0 Å². The first-order valence-corrected chi connectivity index (χ1v) is 12.0. The lowest BCUT2D eigenvalue weighted by molar-refractivity contribution is 0.0545. The summed E-state index contributed by atoms with van der Waals surface area (Å²) < 4.78 is 5.99. The molecule has 4 aliphatic heterocycles. The van der Waals surface area contributed by atoms with E-state index in [1.807, 2.05) is 24.4 Å². The van der Waals surface area contributed by atoms with E-state index in [1.165, 1.54) is 6.33 Å². The molecular formula is C24H24ClN9O2. The Morgan fingerprint density at radius 1 is 1.25 bits per heavy atom. The molecular weight excluding hydrogens is 482 g/mol. The van der Waals surface area contributed by atoms with Crippen molar-refractivity contribution in [2.45, 2.75) is 25.2 Å². The molecule has 1 aromatic carbocycles. The minimum Gasteiger partial charge on any atom is -0.456 e. The first-order chi connectivity index (χ1) is 17.6. The molecule has 11 nitrogen and oxygen atoms in total. The Kier molecular flexibility index (Phi) is 6.01. The van der Waals surface area contributed by atoms with Gasteiger partial charge in [-0.1, -0.05) is 11.6 Å². The molecule has 2 atom stereocenters. The van der Waals surface area contributed by atoms with E-state index in [2.05, 4.69) is 40.9 Å². The number of fused-ring (bicyclic) bond motifs is 2. The Morgan fingerprint density at radius 3 is 3.08 bits per heavy atom. The summed E-state index contributed by atoms with van der Waals surface area (Å²) in [6.45, 7) is 1.43. The standard InChI is InChI=1S/C24H24ClN9O2/c25-18-10-15(3-4-20(18)36-17-5-9-34-21(11-17)26-6-7-30-34)31-23-22-19(28-14-29-23)12-27-24(32-22)33-8-1-2-16(35)13-33/h3-7,9-12,14,16,24,30,32,35H,1-2,8,13H2,(H,28,29,31). The fourth-order valence-corrected chi connectivity index (χ4v) is 4.55. The van der Waals surface area contributed by atoms with Crippen molar-refractivity contribution in [3.05, 3.63) is 71.8 Å². The maximum Gasteiger partial charge on any atom is 0.176 e. The van der Waals surface area contributed by atoms with Gasteiger partial charge < -0.3 is 20.5 Å². The van der Waals surface area contributed by atoms with E-state index >= 15 is 0 Å². The van der Waals surface area contributed by atoms with Crippen molar-refractivity contribution in [1.29, 1.82) is 0 Å². The quantitative estimate of drug-likeness (QED) is 0.485. The molecule has 0 bridgehead atoms. The molecule has 36 heavy (non-hydrogen) atoms. The summed E-state index contributed by atoms with van der Waals surface area (Å²) in [7, 11) is 0. The second-order valence-electron chi connectivity index (χ2n) is 8.61. The number of benzene rings is 1. The lowest BCUT2D eigenvalue weighted by Crippen LogP contribution is -2.48. The molecule has 5 heterocycles. The maximum absolute atomic E-state index is 10.1. The molecule has 1 fully saturated rings. The number of nitrogens with zero attached hydrogens (tertiary/aromatic N) is 6. The zero-order valence-corrected chi connectivity index (χ0v) is 19.9. The third kappa shape index (κ3) is 4.63. The molecule has 4 aliphatic rings. The number of allylic oxidation sites excluding steroid dienone is 1. The SMILES string of the molecule is OC1CCCN(C2N=Cc3ncnc(Nc4ccc(OC5=CC6=NC=CNN6C=C5)c(Cl)c4)c3N2)C1. The Morgan fingerprint density at radius 2 is 2.19 bits per heavy atom. The topological polar surface area (TPSA) is 123 Å². The summed E-state index contributed by atoms with van der Waals surface area (Å²) in [5, 5.41) is 19.0. The van der Waals surface area contributed by atoms with Crippen molar-refractivity contribution in [2.75, 3.05) is 23.7 Å². The highest BCUT2D eigenvalue weighted by Crippen LogP contribution is 2.33. The van der Waals surface area contributed by atoms with Crippen LogP contribution in [0.25, 0.3) is 0 Å². The van der Waals surface area contributed by atoms with Gasteiger partial charge in [-0.05, 0) is 37.1 Å². The van der Waals surface area contributed by atoms with Crippen molar-refractivity contribution >= 4 is 40.8 Å². The average molecular weight is 506 g/mol. The third-order valence-corrected chi connectivity index (χ3v) is 6.38. The fourth-order valence-electron chi connectivity index (χ4n) is 4.33. The van der Waals surface area contributed by atoms with Gasteiger partial charge in [-0.25, -0.2) is 20.0 Å². The zero-order chi connectivity index (χ0) is 24.5. The molecule has 2 unspecified atom stereocenters. The number of rotatable bonds is 5. The highest BCUT2D eigenvalue weighted by Gasteiger charge is 2.28. The molecule has 0 radical (unpaired) electrons. The summed E-state index contributed by atoms with van der Waals surface area (Å²) in [4.78, 5) is 19.8. The second kappa shape index (κ2) is 9.61. The van der Waals surface area contributed by atoms with Gasteiger partial charge in [0.05, 0.1) is 17.3 Å². The number of anilines is 3. The number of ether oxygens (including phenoxy) is 1. The number of aromatic nitrogens is 2. The van der Waals surface area contributed by atoms with Gasteiger partial charge in [-0.2, -0.15) is 0 Å². The van der Waals surface area contributed by atoms with E-state index in [4.69, 9.17) is 16.3 Å². The number of aliphatic hydroxyl groups is 1. The average Bonchev–Trinajstić information content (AvgIpc) is 2.90. The predicted octanol–water partition coefficient (Wildman–Crippen LogP) is 2.94. The molecule has 4 N–H and O–H groups in total. The monoisotopic (exact) mass is 505 g/mol. The summed E-state index contributed by atoms with van der Waals surface area (Å²) in [6.07, 6.45) is 13.2. The molecule has 1 saturated heterocycles. The van der Waals surface area contributed by atoms with Crippen molar-refractivity contribution in [3.8, 4) is 5.75 Å². The van der Waals surface area contributed by atoms with Crippen LogP contribution < -0.4 is 20.8 Å². The number of nitrogens with one attached hydrogen (secondary N) is 3. The first kappa shape index (κ1) is 22.5. The number of amidine groups is 1. The molecule has 0 saturated carbocycles. The van der Waals surface area contributed by atoms with E-state index in [1.54, 1.807) is 35.8 Å². The van der Waals surface area contributed by atoms with Gasteiger partial charge in [-0.3, -0.25) is 15.3 Å². The Bertz CT molecular complexity index is 1320. The van der Waals surface area contributed by atoms with E-state index in [-0.39, 0.29) is 12.4 Å². The number of piperidine rings is 1. The highest BCUT2D eigenvalue weighted by molar-refractivity contribution is 6.32. The zero-order valence-electron chi connectivity index (χ0n) is 19.2. The van der Waals surface area contributed by atoms with Gasteiger partial charge in [0.15, 0.2) is 17.9 Å². The summed E-state index contributed by atoms with van der Waals surface area (Å²) in [6, 6.07) is 5.45. The number of halogens is 1. The molecule has 1 aromatic heterocycles. The van der Waals surface area contributed by atoms with Crippen LogP contribution in [0.1, 0.15) is 18.5 Å². The highest BCUT2D eigenvalue weighted by atomic mass is 35.5. The Hall–Kier alpha value is -3.93. The predicted molar refractivity (Wildman–Crippen MR) is 138 cm³/mol. The number of hydrazine groups is 1. The molecule has 6 rings (SSSR count). The van der Waals surface area contributed by atoms with Crippen LogP contribution in [0.5, 0.6) is 5.75 Å². The number of β-amino-alcohol motifs (C(OH)–C–C–N with tert-alkyl or cyclic N) is 1. The van der Waals surface area contributed by atoms with Gasteiger partial charge in [0.1, 0.15) is 29.2 Å². The lowest BCUT2D eigenvalue weighted by atomic mass is 10.1. The number of likely N-dealkylation sites (tertiary alicyclic amines) is 1. The number of hydrogen-bond acceptors (Lipinski definition) is 11. The van der Waals surface area contributed by atoms with Crippen LogP contribution in [0.15, 0.2) is 71.0 Å². The van der Waals surface area contributed by atoms with Gasteiger partial charge >= 0.3 is 0 Å². The van der Waals surface area contributed by atoms with E-state index < -0.39 is 0 Å².